The van der Waals surface area contributed by atoms with Crippen molar-refractivity contribution in [2.24, 2.45) is 0 Å². The Labute approximate surface area is 153 Å². The normalized spacial score (nSPS) is 10.5. The van der Waals surface area contributed by atoms with Crippen LogP contribution in [0.5, 0.6) is 0 Å². The van der Waals surface area contributed by atoms with Gasteiger partial charge >= 0.3 is 0 Å². The number of rotatable bonds is 7. The topological polar surface area (TPSA) is 130 Å². The second-order valence-electron chi connectivity index (χ2n) is 5.80. The highest BCUT2D eigenvalue weighted by Crippen LogP contribution is 2.15. The molecule has 1 aromatic heterocycles. The van der Waals surface area contributed by atoms with E-state index in [1.165, 1.54) is 12.1 Å². The van der Waals surface area contributed by atoms with Gasteiger partial charge in [0, 0.05) is 36.3 Å². The molecule has 138 valence electrons. The Morgan fingerprint density at radius 2 is 1.78 bits per heavy atom. The molecule has 3 N–H and O–H groups in total. The molecule has 0 saturated heterocycles. The highest BCUT2D eigenvalue weighted by molar-refractivity contribution is 5.88. The fourth-order valence-corrected chi connectivity index (χ4v) is 2.63. The van der Waals surface area contributed by atoms with Crippen molar-refractivity contribution in [3.63, 3.8) is 0 Å². The van der Waals surface area contributed by atoms with Crippen LogP contribution in [-0.2, 0) is 11.2 Å². The summed E-state index contributed by atoms with van der Waals surface area (Å²) in [6, 6.07) is 13.0. The molecule has 27 heavy (non-hydrogen) atoms. The monoisotopic (exact) mass is 367 g/mol. The summed E-state index contributed by atoms with van der Waals surface area (Å²) in [5, 5.41) is 24.0. The molecular formula is C18H17N5O4. The van der Waals surface area contributed by atoms with Crippen molar-refractivity contribution < 1.29 is 9.72 Å². The van der Waals surface area contributed by atoms with Crippen LogP contribution >= 0.6 is 0 Å². The summed E-state index contributed by atoms with van der Waals surface area (Å²) in [5.74, 6) is -0.217. The van der Waals surface area contributed by atoms with Gasteiger partial charge in [-0.3, -0.25) is 19.7 Å². The number of nitrogens with one attached hydrogen (secondary N) is 3. The van der Waals surface area contributed by atoms with Crippen molar-refractivity contribution in [2.45, 2.75) is 6.42 Å². The van der Waals surface area contributed by atoms with Crippen LogP contribution in [0.15, 0.2) is 53.3 Å². The Morgan fingerprint density at radius 3 is 2.48 bits per heavy atom. The molecule has 0 saturated carbocycles. The summed E-state index contributed by atoms with van der Waals surface area (Å²) in [6.45, 7) is 0.834. The van der Waals surface area contributed by atoms with Gasteiger partial charge in [-0.25, -0.2) is 5.10 Å². The van der Waals surface area contributed by atoms with Gasteiger partial charge in [-0.1, -0.05) is 18.2 Å². The molecule has 0 aliphatic rings. The van der Waals surface area contributed by atoms with Crippen LogP contribution in [-0.4, -0.2) is 34.1 Å². The molecule has 0 fully saturated rings. The number of H-pyrrole nitrogens is 1. The predicted octanol–water partition coefficient (Wildman–Crippen LogP) is 1.60. The highest BCUT2D eigenvalue weighted by atomic mass is 16.6. The van der Waals surface area contributed by atoms with E-state index in [1.807, 2.05) is 0 Å². The first kappa shape index (κ1) is 18.1. The van der Waals surface area contributed by atoms with E-state index in [9.17, 15) is 19.7 Å². The molecular weight excluding hydrogens is 350 g/mol. The van der Waals surface area contributed by atoms with Crippen LogP contribution in [0.1, 0.15) is 5.69 Å². The van der Waals surface area contributed by atoms with E-state index < -0.39 is 4.92 Å². The molecule has 0 bridgehead atoms. The van der Waals surface area contributed by atoms with Crippen LogP contribution in [0.25, 0.3) is 10.8 Å². The van der Waals surface area contributed by atoms with E-state index in [1.54, 1.807) is 36.4 Å². The quantitative estimate of drug-likeness (QED) is 0.330. The fraction of sp³-hybridized carbons (Fsp3) is 0.167. The molecule has 0 aliphatic heterocycles. The zero-order valence-electron chi connectivity index (χ0n) is 14.3. The first-order valence-electron chi connectivity index (χ1n) is 8.26. The van der Waals surface area contributed by atoms with Gasteiger partial charge < -0.3 is 10.6 Å². The van der Waals surface area contributed by atoms with Crippen molar-refractivity contribution in [1.29, 1.82) is 0 Å². The van der Waals surface area contributed by atoms with Gasteiger partial charge in [-0.2, -0.15) is 5.10 Å². The fourth-order valence-electron chi connectivity index (χ4n) is 2.63. The van der Waals surface area contributed by atoms with Gasteiger partial charge in [0.15, 0.2) is 0 Å². The van der Waals surface area contributed by atoms with Gasteiger partial charge in [0.05, 0.1) is 22.4 Å². The van der Waals surface area contributed by atoms with Gasteiger partial charge in [-0.05, 0) is 18.2 Å². The van der Waals surface area contributed by atoms with Crippen LogP contribution in [0.3, 0.4) is 0 Å². The number of fused-ring (bicyclic) bond motifs is 1. The average molecular weight is 367 g/mol. The predicted molar refractivity (Wildman–Crippen MR) is 101 cm³/mol. The molecule has 0 spiro atoms. The summed E-state index contributed by atoms with van der Waals surface area (Å²) in [7, 11) is 0. The molecule has 3 rings (SSSR count). The SMILES string of the molecule is O=C(Cc1n[nH]c(=O)c2ccccc12)NCCNc1ccc([N+](=O)[O-])cc1. The number of hydrogen-bond donors (Lipinski definition) is 3. The number of aromatic nitrogens is 2. The summed E-state index contributed by atoms with van der Waals surface area (Å²) < 4.78 is 0. The third-order valence-corrected chi connectivity index (χ3v) is 3.96. The van der Waals surface area contributed by atoms with Crippen molar-refractivity contribution in [3.8, 4) is 0 Å². The number of anilines is 1. The number of hydrogen-bond acceptors (Lipinski definition) is 6. The number of carbonyl (C=O) groups is 1. The number of nitrogens with zero attached hydrogens (tertiary/aromatic N) is 2. The maximum Gasteiger partial charge on any atom is 0.272 e. The van der Waals surface area contributed by atoms with Crippen molar-refractivity contribution in [2.75, 3.05) is 18.4 Å². The van der Waals surface area contributed by atoms with Gasteiger partial charge in [0.2, 0.25) is 5.91 Å². The Bertz CT molecular complexity index is 1030. The third-order valence-electron chi connectivity index (χ3n) is 3.96. The molecule has 1 heterocycles. The maximum absolute atomic E-state index is 12.1. The first-order chi connectivity index (χ1) is 13.0. The van der Waals surface area contributed by atoms with E-state index in [2.05, 4.69) is 20.8 Å². The number of non-ortho nitro benzene ring substituents is 1. The van der Waals surface area contributed by atoms with Gasteiger partial charge in [0.25, 0.3) is 11.2 Å². The Hall–Kier alpha value is -3.75. The minimum atomic E-state index is -0.460. The molecule has 0 atom stereocenters. The molecule has 3 aromatic rings. The van der Waals surface area contributed by atoms with Crippen LogP contribution < -0.4 is 16.2 Å². The van der Waals surface area contributed by atoms with E-state index in [0.29, 0.717) is 29.6 Å². The molecule has 9 nitrogen and oxygen atoms in total. The summed E-state index contributed by atoms with van der Waals surface area (Å²) in [6.07, 6.45) is 0.0504. The lowest BCUT2D eigenvalue weighted by molar-refractivity contribution is -0.384. The maximum atomic E-state index is 12.1. The van der Waals surface area contributed by atoms with Gasteiger partial charge in [-0.15, -0.1) is 0 Å². The third kappa shape index (κ3) is 4.46. The number of nitro groups is 1. The van der Waals surface area contributed by atoms with E-state index in [0.717, 1.165) is 5.69 Å². The second kappa shape index (κ2) is 8.09. The van der Waals surface area contributed by atoms with E-state index in [4.69, 9.17) is 0 Å². The van der Waals surface area contributed by atoms with Crippen molar-refractivity contribution in [1.82, 2.24) is 15.5 Å². The second-order valence-corrected chi connectivity index (χ2v) is 5.80. The summed E-state index contributed by atoms with van der Waals surface area (Å²) in [4.78, 5) is 34.0. The van der Waals surface area contributed by atoms with Gasteiger partial charge in [0.1, 0.15) is 0 Å². The number of nitro benzene ring substituents is 1. The molecule has 0 aliphatic carbocycles. The average Bonchev–Trinajstić information content (AvgIpc) is 2.68. The minimum Gasteiger partial charge on any atom is -0.383 e. The lowest BCUT2D eigenvalue weighted by Crippen LogP contribution is -2.30. The lowest BCUT2D eigenvalue weighted by atomic mass is 10.1. The van der Waals surface area contributed by atoms with Crippen molar-refractivity contribution in [3.05, 3.63) is 74.7 Å². The number of benzene rings is 2. The molecule has 1 amide bonds. The Morgan fingerprint density at radius 1 is 1.07 bits per heavy atom. The Kier molecular flexibility index (Phi) is 5.41. The zero-order chi connectivity index (χ0) is 19.2. The molecule has 0 radical (unpaired) electrons. The highest BCUT2D eigenvalue weighted by Gasteiger charge is 2.10. The zero-order valence-corrected chi connectivity index (χ0v) is 14.3. The minimum absolute atomic E-state index is 0.0227. The smallest absolute Gasteiger partial charge is 0.272 e. The number of carbonyl (C=O) groups excluding carboxylic acids is 1. The molecule has 9 heteroatoms. The lowest BCUT2D eigenvalue weighted by Gasteiger charge is -2.08. The van der Waals surface area contributed by atoms with E-state index in [-0.39, 0.29) is 23.6 Å². The summed E-state index contributed by atoms with van der Waals surface area (Å²) in [5.41, 5.74) is 0.964. The van der Waals surface area contributed by atoms with Crippen LogP contribution in [0.2, 0.25) is 0 Å². The van der Waals surface area contributed by atoms with Crippen LogP contribution in [0.4, 0.5) is 11.4 Å². The first-order valence-corrected chi connectivity index (χ1v) is 8.26. The standard InChI is InChI=1S/C18H17N5O4/c24-17(11-16-14-3-1-2-4-15(14)18(25)22-21-16)20-10-9-19-12-5-7-13(8-6-12)23(26)27/h1-8,19H,9-11H2,(H,20,24)(H,22,25). The molecule has 0 unspecified atom stereocenters. The van der Waals surface area contributed by atoms with E-state index >= 15 is 0 Å². The summed E-state index contributed by atoms with van der Waals surface area (Å²) >= 11 is 0. The Balaban J connectivity index is 1.51. The largest absolute Gasteiger partial charge is 0.383 e. The molecule has 2 aromatic carbocycles. The van der Waals surface area contributed by atoms with Crippen LogP contribution in [0, 0.1) is 10.1 Å². The number of amides is 1. The van der Waals surface area contributed by atoms with Crippen molar-refractivity contribution >= 4 is 28.1 Å². The number of aromatic amines is 1.